The molecule has 9 heteroatoms. The fourth-order valence-corrected chi connectivity index (χ4v) is 3.63. The third-order valence-electron chi connectivity index (χ3n) is 5.29. The monoisotopic (exact) mass is 410 g/mol. The van der Waals surface area contributed by atoms with Gasteiger partial charge in [0.05, 0.1) is 18.2 Å². The summed E-state index contributed by atoms with van der Waals surface area (Å²) < 4.78 is 1.24. The molecule has 0 saturated carbocycles. The van der Waals surface area contributed by atoms with Gasteiger partial charge in [-0.25, -0.2) is 4.79 Å². The molecule has 0 bridgehead atoms. The van der Waals surface area contributed by atoms with Gasteiger partial charge in [0.15, 0.2) is 5.78 Å². The summed E-state index contributed by atoms with van der Waals surface area (Å²) in [4.78, 5) is 43.3. The van der Waals surface area contributed by atoms with Gasteiger partial charge in [0.1, 0.15) is 11.4 Å². The van der Waals surface area contributed by atoms with Crippen molar-refractivity contribution in [2.45, 2.75) is 26.4 Å². The molecule has 0 spiro atoms. The smallest absolute Gasteiger partial charge is 0.329 e. The van der Waals surface area contributed by atoms with E-state index in [-0.39, 0.29) is 23.7 Å². The molecule has 0 atom stereocenters. The number of hydrogen-bond donors (Lipinski definition) is 2. The van der Waals surface area contributed by atoms with Crippen LogP contribution in [-0.2, 0) is 13.1 Å². The van der Waals surface area contributed by atoms with E-state index in [1.54, 1.807) is 0 Å². The van der Waals surface area contributed by atoms with E-state index in [1.165, 1.54) is 4.57 Å². The molecule has 0 aliphatic carbocycles. The van der Waals surface area contributed by atoms with Crippen molar-refractivity contribution in [1.29, 1.82) is 5.26 Å². The molecule has 1 aliphatic heterocycles. The molecular weight excluding hydrogens is 384 g/mol. The number of piperazine rings is 1. The number of nitrogens with zero attached hydrogens (tertiary/aromatic N) is 4. The van der Waals surface area contributed by atoms with Crippen LogP contribution in [0.4, 0.5) is 5.82 Å². The molecule has 0 amide bonds. The molecule has 1 aromatic heterocycles. The number of nitrogens with one attached hydrogen (secondary N) is 1. The average molecular weight is 410 g/mol. The molecule has 3 N–H and O–H groups in total. The maximum Gasteiger partial charge on any atom is 0.329 e. The number of rotatable bonds is 7. The summed E-state index contributed by atoms with van der Waals surface area (Å²) in [5.41, 5.74) is 6.30. The predicted molar refractivity (Wildman–Crippen MR) is 113 cm³/mol. The Morgan fingerprint density at radius 3 is 2.37 bits per heavy atom. The number of H-pyrrole nitrogens is 1. The Hall–Kier alpha value is -3.22. The van der Waals surface area contributed by atoms with Crippen molar-refractivity contribution < 1.29 is 4.79 Å². The van der Waals surface area contributed by atoms with Gasteiger partial charge < -0.3 is 5.73 Å². The number of Topliss-reactive ketones (excluding diaryl/α,β-unsaturated/α-hetero) is 1. The molecule has 1 fully saturated rings. The summed E-state index contributed by atoms with van der Waals surface area (Å²) >= 11 is 0. The summed E-state index contributed by atoms with van der Waals surface area (Å²) in [5.74, 6) is -0.436. The van der Waals surface area contributed by atoms with Crippen LogP contribution in [0.2, 0.25) is 0 Å². The number of anilines is 1. The fourth-order valence-electron chi connectivity index (χ4n) is 3.63. The third-order valence-corrected chi connectivity index (χ3v) is 5.29. The molecule has 1 aliphatic rings. The number of carbonyl (C=O) groups excluding carboxylic acids is 1. The molecule has 2 aromatic rings. The zero-order valence-electron chi connectivity index (χ0n) is 17.1. The Kier molecular flexibility index (Phi) is 6.82. The Labute approximate surface area is 174 Å². The van der Waals surface area contributed by atoms with E-state index < -0.39 is 11.2 Å². The Morgan fingerprint density at radius 1 is 1.13 bits per heavy atom. The number of aromatic amines is 1. The molecule has 0 unspecified atom stereocenters. The predicted octanol–water partition coefficient (Wildman–Crippen LogP) is 0.401. The summed E-state index contributed by atoms with van der Waals surface area (Å²) in [6.45, 7) is 6.04. The Balaban J connectivity index is 1.60. The fraction of sp³-hybridized carbons (Fsp3) is 0.429. The minimum atomic E-state index is -0.727. The Morgan fingerprint density at radius 2 is 1.77 bits per heavy atom. The summed E-state index contributed by atoms with van der Waals surface area (Å²) in [6, 6.07) is 9.64. The van der Waals surface area contributed by atoms with Gasteiger partial charge in [-0.1, -0.05) is 19.1 Å². The van der Waals surface area contributed by atoms with E-state index in [1.807, 2.05) is 36.1 Å². The van der Waals surface area contributed by atoms with E-state index in [4.69, 9.17) is 11.0 Å². The van der Waals surface area contributed by atoms with E-state index in [9.17, 15) is 14.4 Å². The van der Waals surface area contributed by atoms with Crippen LogP contribution in [0, 0.1) is 11.3 Å². The number of carbonyl (C=O) groups is 1. The van der Waals surface area contributed by atoms with Crippen molar-refractivity contribution in [3.8, 4) is 6.07 Å². The van der Waals surface area contributed by atoms with Gasteiger partial charge >= 0.3 is 5.69 Å². The number of benzene rings is 1. The number of nitriles is 1. The van der Waals surface area contributed by atoms with E-state index in [2.05, 4.69) is 16.0 Å². The second kappa shape index (κ2) is 9.52. The number of hydrogen-bond acceptors (Lipinski definition) is 7. The van der Waals surface area contributed by atoms with Crippen LogP contribution in [0.25, 0.3) is 0 Å². The Bertz CT molecular complexity index is 1060. The van der Waals surface area contributed by atoms with Gasteiger partial charge in [-0.3, -0.25) is 28.9 Å². The zero-order valence-corrected chi connectivity index (χ0v) is 17.1. The van der Waals surface area contributed by atoms with Gasteiger partial charge in [-0.05, 0) is 24.1 Å². The molecule has 3 rings (SSSR count). The molecule has 2 heterocycles. The highest BCUT2D eigenvalue weighted by Gasteiger charge is 2.24. The standard InChI is InChI=1S/C21H26N6O3/c1-2-7-27-19(23)18(20(29)24-21(27)30)17(28)14-26-10-8-25(9-11-26)13-16-5-3-15(12-22)4-6-16/h3-6H,2,7-11,13-14,23H2,1H3,(H,24,29,30). The molecule has 158 valence electrons. The maximum absolute atomic E-state index is 12.8. The van der Waals surface area contributed by atoms with Gasteiger partial charge in [0.25, 0.3) is 5.56 Å². The number of ketones is 1. The second-order valence-electron chi connectivity index (χ2n) is 7.46. The lowest BCUT2D eigenvalue weighted by atomic mass is 10.1. The SMILES string of the molecule is CCCn1c(N)c(C(=O)CN2CCN(Cc3ccc(C#N)cc3)CC2)c(=O)[nH]c1=O. The van der Waals surface area contributed by atoms with Crippen molar-refractivity contribution >= 4 is 11.6 Å². The first-order valence-corrected chi connectivity index (χ1v) is 10.0. The topological polar surface area (TPSA) is 128 Å². The lowest BCUT2D eigenvalue weighted by molar-refractivity contribution is 0.0842. The van der Waals surface area contributed by atoms with Crippen molar-refractivity contribution in [3.63, 3.8) is 0 Å². The maximum atomic E-state index is 12.8. The first-order valence-electron chi connectivity index (χ1n) is 10.0. The van der Waals surface area contributed by atoms with Crippen molar-refractivity contribution in [2.24, 2.45) is 0 Å². The van der Waals surface area contributed by atoms with Gasteiger partial charge in [-0.15, -0.1) is 0 Å². The van der Waals surface area contributed by atoms with Crippen LogP contribution in [-0.4, -0.2) is 57.9 Å². The van der Waals surface area contributed by atoms with Crippen molar-refractivity contribution in [3.05, 3.63) is 61.8 Å². The van der Waals surface area contributed by atoms with E-state index >= 15 is 0 Å². The average Bonchev–Trinajstić information content (AvgIpc) is 2.73. The molecule has 0 radical (unpaired) electrons. The van der Waals surface area contributed by atoms with Gasteiger partial charge in [-0.2, -0.15) is 5.26 Å². The minimum absolute atomic E-state index is 0.0601. The quantitative estimate of drug-likeness (QED) is 0.632. The zero-order chi connectivity index (χ0) is 21.7. The number of nitrogens with two attached hydrogens (primary N) is 1. The highest BCUT2D eigenvalue weighted by molar-refractivity contribution is 6.01. The van der Waals surface area contributed by atoms with Crippen molar-refractivity contribution in [2.75, 3.05) is 38.5 Å². The molecule has 9 nitrogen and oxygen atoms in total. The van der Waals surface area contributed by atoms with Crippen LogP contribution in [0.3, 0.4) is 0 Å². The van der Waals surface area contributed by atoms with Crippen molar-refractivity contribution in [1.82, 2.24) is 19.4 Å². The van der Waals surface area contributed by atoms with Gasteiger partial charge in [0.2, 0.25) is 0 Å². The first kappa shape index (κ1) is 21.5. The van der Waals surface area contributed by atoms with E-state index in [0.29, 0.717) is 31.6 Å². The third kappa shape index (κ3) is 4.84. The summed E-state index contributed by atoms with van der Waals surface area (Å²) in [7, 11) is 0. The highest BCUT2D eigenvalue weighted by atomic mass is 16.2. The summed E-state index contributed by atoms with van der Waals surface area (Å²) in [5, 5.41) is 8.88. The van der Waals surface area contributed by atoms with Gasteiger partial charge in [0, 0.05) is 39.3 Å². The lowest BCUT2D eigenvalue weighted by Crippen LogP contribution is -2.48. The van der Waals surface area contributed by atoms with Crippen LogP contribution >= 0.6 is 0 Å². The lowest BCUT2D eigenvalue weighted by Gasteiger charge is -2.34. The highest BCUT2D eigenvalue weighted by Crippen LogP contribution is 2.12. The number of nitrogen functional groups attached to an aromatic ring is 1. The van der Waals surface area contributed by atoms with Crippen LogP contribution in [0.5, 0.6) is 0 Å². The molecular formula is C21H26N6O3. The van der Waals surface area contributed by atoms with Crippen LogP contribution < -0.4 is 17.0 Å². The summed E-state index contributed by atoms with van der Waals surface area (Å²) in [6.07, 6.45) is 0.658. The van der Waals surface area contributed by atoms with E-state index in [0.717, 1.165) is 25.2 Å². The van der Waals surface area contributed by atoms with Crippen LogP contribution in [0.15, 0.2) is 33.9 Å². The first-order chi connectivity index (χ1) is 14.4. The largest absolute Gasteiger partial charge is 0.384 e. The normalized spacial score (nSPS) is 15.1. The second-order valence-corrected chi connectivity index (χ2v) is 7.46. The number of aromatic nitrogens is 2. The minimum Gasteiger partial charge on any atom is -0.384 e. The molecule has 1 aromatic carbocycles. The molecule has 1 saturated heterocycles. The molecule has 30 heavy (non-hydrogen) atoms. The van der Waals surface area contributed by atoms with Crippen LogP contribution in [0.1, 0.15) is 34.8 Å².